The Hall–Kier alpha value is -4.59. The fraction of sp³-hybridized carbons (Fsp3) is 0.148. The van der Waals surface area contributed by atoms with Crippen LogP contribution in [-0.2, 0) is 6.54 Å². The van der Waals surface area contributed by atoms with Gasteiger partial charge in [-0.2, -0.15) is 5.10 Å². The Bertz CT molecular complexity index is 1440. The van der Waals surface area contributed by atoms with E-state index in [9.17, 15) is 0 Å². The van der Waals surface area contributed by atoms with Gasteiger partial charge in [-0.05, 0) is 42.0 Å². The molecule has 0 bridgehead atoms. The monoisotopic (exact) mass is 467 g/mol. The van der Waals surface area contributed by atoms with E-state index in [0.29, 0.717) is 23.2 Å². The second-order valence-corrected chi connectivity index (χ2v) is 7.87. The van der Waals surface area contributed by atoms with Crippen LogP contribution in [0.4, 0.5) is 11.6 Å². The molecular formula is C27H25N5O3. The maximum atomic E-state index is 5.48. The van der Waals surface area contributed by atoms with Gasteiger partial charge in [0.2, 0.25) is 11.7 Å². The molecule has 1 N–H and O–H groups in total. The molecule has 2 aromatic heterocycles. The van der Waals surface area contributed by atoms with Crippen LogP contribution in [0.1, 0.15) is 5.56 Å². The smallest absolute Gasteiger partial charge is 0.227 e. The number of hydrogen-bond acceptors (Lipinski definition) is 7. The summed E-state index contributed by atoms with van der Waals surface area (Å²) in [7, 11) is 4.76. The fourth-order valence-corrected chi connectivity index (χ4v) is 3.98. The van der Waals surface area contributed by atoms with E-state index < -0.39 is 0 Å². The van der Waals surface area contributed by atoms with Crippen LogP contribution in [-0.4, -0.2) is 41.1 Å². The lowest BCUT2D eigenvalue weighted by Crippen LogP contribution is -2.01. The predicted molar refractivity (Wildman–Crippen MR) is 136 cm³/mol. The lowest BCUT2D eigenvalue weighted by molar-refractivity contribution is 0.324. The highest BCUT2D eigenvalue weighted by Gasteiger charge is 2.15. The Balaban J connectivity index is 1.40. The van der Waals surface area contributed by atoms with Crippen LogP contribution < -0.4 is 19.5 Å². The summed E-state index contributed by atoms with van der Waals surface area (Å²) in [5.41, 5.74) is 4.68. The van der Waals surface area contributed by atoms with Gasteiger partial charge >= 0.3 is 0 Å². The van der Waals surface area contributed by atoms with Gasteiger partial charge in [-0.25, -0.2) is 9.97 Å². The van der Waals surface area contributed by atoms with Gasteiger partial charge in [0.1, 0.15) is 0 Å². The van der Waals surface area contributed by atoms with Crippen LogP contribution in [0.3, 0.4) is 0 Å². The van der Waals surface area contributed by atoms with Crippen LogP contribution in [0, 0.1) is 0 Å². The molecule has 3 aromatic carbocycles. The van der Waals surface area contributed by atoms with E-state index in [0.717, 1.165) is 34.4 Å². The maximum absolute atomic E-state index is 5.48. The summed E-state index contributed by atoms with van der Waals surface area (Å²) in [6.45, 7) is 0.719. The zero-order valence-corrected chi connectivity index (χ0v) is 19.7. The summed E-state index contributed by atoms with van der Waals surface area (Å²) >= 11 is 0. The molecule has 0 aliphatic rings. The molecule has 5 aromatic rings. The largest absolute Gasteiger partial charge is 0.493 e. The number of methoxy groups -OCH3 is 3. The Morgan fingerprint density at radius 1 is 0.857 bits per heavy atom. The number of nitrogens with one attached hydrogen (secondary N) is 1. The molecule has 0 amide bonds. The molecule has 0 radical (unpaired) electrons. The van der Waals surface area contributed by atoms with E-state index in [1.54, 1.807) is 27.5 Å². The first-order valence-corrected chi connectivity index (χ1v) is 11.1. The van der Waals surface area contributed by atoms with Crippen molar-refractivity contribution in [2.75, 3.05) is 26.6 Å². The minimum atomic E-state index is 0.479. The zero-order valence-electron chi connectivity index (χ0n) is 19.7. The number of benzene rings is 3. The minimum absolute atomic E-state index is 0.479. The summed E-state index contributed by atoms with van der Waals surface area (Å²) in [6.07, 6.45) is 3.58. The minimum Gasteiger partial charge on any atom is -0.493 e. The summed E-state index contributed by atoms with van der Waals surface area (Å²) < 4.78 is 18.4. The van der Waals surface area contributed by atoms with Gasteiger partial charge in [-0.15, -0.1) is 0 Å². The summed E-state index contributed by atoms with van der Waals surface area (Å²) in [4.78, 5) is 9.08. The third-order valence-electron chi connectivity index (χ3n) is 5.69. The second-order valence-electron chi connectivity index (χ2n) is 7.87. The van der Waals surface area contributed by atoms with E-state index in [4.69, 9.17) is 19.2 Å². The highest BCUT2D eigenvalue weighted by Crippen LogP contribution is 2.40. The number of rotatable bonds is 8. The molecule has 35 heavy (non-hydrogen) atoms. The van der Waals surface area contributed by atoms with Crippen molar-refractivity contribution in [3.8, 4) is 28.5 Å². The molecule has 0 saturated heterocycles. The number of aromatic nitrogens is 4. The summed E-state index contributed by atoms with van der Waals surface area (Å²) in [5, 5.41) is 8.90. The quantitative estimate of drug-likeness (QED) is 0.331. The Labute approximate surface area is 203 Å². The molecule has 8 nitrogen and oxygen atoms in total. The van der Waals surface area contributed by atoms with E-state index in [2.05, 4.69) is 33.6 Å². The Morgan fingerprint density at radius 3 is 2.34 bits per heavy atom. The van der Waals surface area contributed by atoms with Gasteiger partial charge in [0.05, 0.1) is 45.3 Å². The first kappa shape index (κ1) is 22.2. The molecule has 8 heteroatoms. The Morgan fingerprint density at radius 2 is 1.63 bits per heavy atom. The third kappa shape index (κ3) is 4.59. The van der Waals surface area contributed by atoms with Crippen molar-refractivity contribution in [2.45, 2.75) is 6.54 Å². The molecule has 176 valence electrons. The van der Waals surface area contributed by atoms with Crippen LogP contribution in [0.25, 0.3) is 22.2 Å². The van der Waals surface area contributed by atoms with Crippen molar-refractivity contribution in [2.24, 2.45) is 0 Å². The Kier molecular flexibility index (Phi) is 6.17. The number of hydrogen-bond donors (Lipinski definition) is 1. The van der Waals surface area contributed by atoms with Crippen molar-refractivity contribution in [1.29, 1.82) is 0 Å². The number of nitrogens with zero attached hydrogens (tertiary/aromatic N) is 4. The lowest BCUT2D eigenvalue weighted by Gasteiger charge is -2.14. The van der Waals surface area contributed by atoms with Gasteiger partial charge in [0, 0.05) is 22.8 Å². The molecule has 0 saturated carbocycles. The van der Waals surface area contributed by atoms with E-state index in [-0.39, 0.29) is 0 Å². The highest BCUT2D eigenvalue weighted by molar-refractivity contribution is 5.83. The summed E-state index contributed by atoms with van der Waals surface area (Å²) in [5.74, 6) is 2.14. The average molecular weight is 468 g/mol. The van der Waals surface area contributed by atoms with Crippen molar-refractivity contribution < 1.29 is 14.2 Å². The van der Waals surface area contributed by atoms with Gasteiger partial charge in [-0.1, -0.05) is 30.3 Å². The highest BCUT2D eigenvalue weighted by atomic mass is 16.5. The van der Waals surface area contributed by atoms with Gasteiger partial charge < -0.3 is 19.5 Å². The van der Waals surface area contributed by atoms with Crippen molar-refractivity contribution >= 4 is 22.5 Å². The molecular weight excluding hydrogens is 442 g/mol. The molecule has 0 aliphatic heterocycles. The summed E-state index contributed by atoms with van der Waals surface area (Å²) in [6, 6.07) is 21.9. The van der Waals surface area contributed by atoms with Gasteiger partial charge in [0.25, 0.3) is 0 Å². The molecule has 0 fully saturated rings. The lowest BCUT2D eigenvalue weighted by atomic mass is 10.1. The van der Waals surface area contributed by atoms with E-state index in [1.165, 1.54) is 5.56 Å². The fourth-order valence-electron chi connectivity index (χ4n) is 3.98. The first-order valence-electron chi connectivity index (χ1n) is 11.1. The van der Waals surface area contributed by atoms with Crippen molar-refractivity contribution in [1.82, 2.24) is 19.7 Å². The van der Waals surface area contributed by atoms with Crippen LogP contribution in [0.15, 0.2) is 79.1 Å². The maximum Gasteiger partial charge on any atom is 0.227 e. The number of anilines is 2. The van der Waals surface area contributed by atoms with Crippen molar-refractivity contribution in [3.05, 3.63) is 84.7 Å². The molecule has 0 spiro atoms. The van der Waals surface area contributed by atoms with E-state index >= 15 is 0 Å². The predicted octanol–water partition coefficient (Wildman–Crippen LogP) is 5.31. The molecule has 0 aliphatic carbocycles. The molecule has 5 rings (SSSR count). The molecule has 0 unspecified atom stereocenters. The SMILES string of the molecule is COc1cc(-c2ccnc(Nc3ccc4c(cnn4Cc4ccccc4)c3)n2)cc(OC)c1OC. The van der Waals surface area contributed by atoms with Crippen LogP contribution in [0.2, 0.25) is 0 Å². The topological polar surface area (TPSA) is 83.3 Å². The molecule has 2 heterocycles. The van der Waals surface area contributed by atoms with E-state index in [1.807, 2.05) is 59.4 Å². The zero-order chi connectivity index (χ0) is 24.2. The first-order chi connectivity index (χ1) is 17.2. The van der Waals surface area contributed by atoms with Crippen LogP contribution >= 0.6 is 0 Å². The number of ether oxygens (including phenoxy) is 3. The second kappa shape index (κ2) is 9.72. The number of fused-ring (bicyclic) bond motifs is 1. The molecule has 0 atom stereocenters. The van der Waals surface area contributed by atoms with Crippen LogP contribution in [0.5, 0.6) is 17.2 Å². The van der Waals surface area contributed by atoms with Crippen molar-refractivity contribution in [3.63, 3.8) is 0 Å². The van der Waals surface area contributed by atoms with Gasteiger partial charge in [0.15, 0.2) is 11.5 Å². The third-order valence-corrected chi connectivity index (χ3v) is 5.69. The average Bonchev–Trinajstić information content (AvgIpc) is 3.30. The standard InChI is InChI=1S/C27H25N5O3/c1-33-24-14-19(15-25(34-2)26(24)35-3)22-11-12-28-27(31-22)30-21-9-10-23-20(13-21)16-29-32(23)17-18-7-5-4-6-8-18/h4-16H,17H2,1-3H3,(H,28,30,31). The van der Waals surface area contributed by atoms with Gasteiger partial charge in [-0.3, -0.25) is 4.68 Å². The normalized spacial score (nSPS) is 10.8.